The van der Waals surface area contributed by atoms with Crippen LogP contribution in [0.5, 0.6) is 0 Å². The van der Waals surface area contributed by atoms with Crippen LogP contribution in [0.4, 0.5) is 0 Å². The Bertz CT molecular complexity index is 551. The summed E-state index contributed by atoms with van der Waals surface area (Å²) in [5.41, 5.74) is 8.88. The molecule has 0 spiro atoms. The number of hydrogen-bond donors (Lipinski definition) is 1. The van der Waals surface area contributed by atoms with Crippen molar-refractivity contribution >= 4 is 17.5 Å². The molecule has 104 valence electrons. The average molecular weight is 285 g/mol. The Kier molecular flexibility index (Phi) is 5.39. The summed E-state index contributed by atoms with van der Waals surface area (Å²) < 4.78 is 0. The van der Waals surface area contributed by atoms with E-state index in [4.69, 9.17) is 5.73 Å². The molecule has 2 aromatic carbocycles. The third-order valence-electron chi connectivity index (χ3n) is 3.25. The summed E-state index contributed by atoms with van der Waals surface area (Å²) in [6.45, 7) is 0. The van der Waals surface area contributed by atoms with Crippen molar-refractivity contribution in [1.82, 2.24) is 0 Å². The molecule has 0 aromatic heterocycles. The quantitative estimate of drug-likeness (QED) is 0.824. The van der Waals surface area contributed by atoms with Crippen molar-refractivity contribution < 1.29 is 4.79 Å². The lowest BCUT2D eigenvalue weighted by atomic mass is 9.99. The number of rotatable bonds is 6. The summed E-state index contributed by atoms with van der Waals surface area (Å²) in [7, 11) is 0. The predicted octanol–water partition coefficient (Wildman–Crippen LogP) is 3.62. The number of hydrogen-bond acceptors (Lipinski definition) is 3. The first kappa shape index (κ1) is 14.8. The van der Waals surface area contributed by atoms with Crippen LogP contribution in [0.3, 0.4) is 0 Å². The fraction of sp³-hybridized carbons (Fsp3) is 0.235. The summed E-state index contributed by atoms with van der Waals surface area (Å²) in [5.74, 6) is 0.938. The van der Waals surface area contributed by atoms with E-state index in [-0.39, 0.29) is 5.78 Å². The lowest BCUT2D eigenvalue weighted by molar-refractivity contribution is 0.0960. The van der Waals surface area contributed by atoms with Crippen LogP contribution in [0.1, 0.15) is 16.8 Å². The molecular weight excluding hydrogens is 266 g/mol. The molecule has 0 unspecified atom stereocenters. The molecule has 0 fully saturated rings. The highest BCUT2D eigenvalue weighted by atomic mass is 32.2. The first-order chi connectivity index (χ1) is 9.72. The summed E-state index contributed by atoms with van der Waals surface area (Å²) in [6, 6.07) is 17.4. The molecular formula is C17H19NOS. The molecule has 20 heavy (non-hydrogen) atoms. The van der Waals surface area contributed by atoms with E-state index in [9.17, 15) is 4.79 Å². The van der Waals surface area contributed by atoms with Gasteiger partial charge in [0.05, 0.1) is 6.04 Å². The molecule has 0 radical (unpaired) electrons. The third-order valence-corrected chi connectivity index (χ3v) is 3.89. The van der Waals surface area contributed by atoms with Gasteiger partial charge in [-0.15, -0.1) is 0 Å². The van der Waals surface area contributed by atoms with Crippen LogP contribution in [0.25, 0.3) is 11.1 Å². The van der Waals surface area contributed by atoms with E-state index in [0.717, 1.165) is 23.3 Å². The van der Waals surface area contributed by atoms with E-state index in [1.54, 1.807) is 11.8 Å². The van der Waals surface area contributed by atoms with Gasteiger partial charge in [0, 0.05) is 5.56 Å². The zero-order valence-corrected chi connectivity index (χ0v) is 12.4. The fourth-order valence-corrected chi connectivity index (χ4v) is 2.54. The molecule has 0 saturated carbocycles. The summed E-state index contributed by atoms with van der Waals surface area (Å²) >= 11 is 1.71. The van der Waals surface area contributed by atoms with Crippen LogP contribution in [0.15, 0.2) is 54.6 Å². The van der Waals surface area contributed by atoms with E-state index in [1.807, 2.05) is 48.7 Å². The highest BCUT2D eigenvalue weighted by Gasteiger charge is 2.15. The Labute approximate surface area is 124 Å². The molecule has 1 atom stereocenters. The van der Waals surface area contributed by atoms with Gasteiger partial charge in [0.1, 0.15) is 0 Å². The maximum atomic E-state index is 12.2. The van der Waals surface area contributed by atoms with Crippen LogP contribution < -0.4 is 5.73 Å². The van der Waals surface area contributed by atoms with E-state index >= 15 is 0 Å². The number of nitrogens with two attached hydrogens (primary N) is 1. The van der Waals surface area contributed by atoms with Crippen molar-refractivity contribution in [2.45, 2.75) is 12.5 Å². The molecule has 0 bridgehead atoms. The monoisotopic (exact) mass is 285 g/mol. The smallest absolute Gasteiger partial charge is 0.179 e. The Morgan fingerprint density at radius 3 is 2.25 bits per heavy atom. The molecule has 2 nitrogen and oxygen atoms in total. The Hall–Kier alpha value is -1.58. The van der Waals surface area contributed by atoms with Crippen molar-refractivity contribution in [2.24, 2.45) is 5.73 Å². The van der Waals surface area contributed by atoms with Gasteiger partial charge < -0.3 is 5.73 Å². The van der Waals surface area contributed by atoms with Crippen LogP contribution in [-0.2, 0) is 0 Å². The third kappa shape index (κ3) is 3.71. The zero-order valence-electron chi connectivity index (χ0n) is 11.6. The van der Waals surface area contributed by atoms with E-state index in [2.05, 4.69) is 12.1 Å². The van der Waals surface area contributed by atoms with Gasteiger partial charge in [-0.05, 0) is 29.6 Å². The fourth-order valence-electron chi connectivity index (χ4n) is 2.05. The number of carbonyl (C=O) groups is 1. The van der Waals surface area contributed by atoms with Crippen molar-refractivity contribution in [3.63, 3.8) is 0 Å². The van der Waals surface area contributed by atoms with Gasteiger partial charge in [0.2, 0.25) is 0 Å². The van der Waals surface area contributed by atoms with Crippen molar-refractivity contribution in [3.05, 3.63) is 60.2 Å². The minimum Gasteiger partial charge on any atom is -0.321 e. The van der Waals surface area contributed by atoms with Crippen molar-refractivity contribution in [1.29, 1.82) is 0 Å². The second kappa shape index (κ2) is 7.27. The minimum atomic E-state index is -0.398. The van der Waals surface area contributed by atoms with E-state index in [0.29, 0.717) is 5.56 Å². The predicted molar refractivity (Wildman–Crippen MR) is 87.2 cm³/mol. The van der Waals surface area contributed by atoms with Crippen LogP contribution in [0, 0.1) is 0 Å². The van der Waals surface area contributed by atoms with Crippen molar-refractivity contribution in [3.8, 4) is 11.1 Å². The molecule has 2 rings (SSSR count). The molecule has 2 N–H and O–H groups in total. The van der Waals surface area contributed by atoms with Gasteiger partial charge in [-0.1, -0.05) is 54.6 Å². The number of ketones is 1. The Morgan fingerprint density at radius 2 is 1.65 bits per heavy atom. The first-order valence-electron chi connectivity index (χ1n) is 6.66. The topological polar surface area (TPSA) is 43.1 Å². The molecule has 0 saturated heterocycles. The average Bonchev–Trinajstić information content (AvgIpc) is 2.53. The lowest BCUT2D eigenvalue weighted by Gasteiger charge is -2.10. The van der Waals surface area contributed by atoms with Gasteiger partial charge in [0.15, 0.2) is 5.78 Å². The van der Waals surface area contributed by atoms with Crippen molar-refractivity contribution in [2.75, 3.05) is 12.0 Å². The number of carbonyl (C=O) groups excluding carboxylic acids is 1. The molecule has 3 heteroatoms. The molecule has 0 heterocycles. The minimum absolute atomic E-state index is 0.0265. The zero-order chi connectivity index (χ0) is 14.4. The second-order valence-electron chi connectivity index (χ2n) is 4.70. The molecule has 0 aliphatic rings. The highest BCUT2D eigenvalue weighted by molar-refractivity contribution is 7.98. The molecule has 0 amide bonds. The van der Waals surface area contributed by atoms with E-state index < -0.39 is 6.04 Å². The number of benzene rings is 2. The molecule has 0 aliphatic carbocycles. The van der Waals surface area contributed by atoms with Crippen LogP contribution in [-0.4, -0.2) is 23.8 Å². The largest absolute Gasteiger partial charge is 0.321 e. The Balaban J connectivity index is 2.10. The van der Waals surface area contributed by atoms with Crippen LogP contribution in [0.2, 0.25) is 0 Å². The van der Waals surface area contributed by atoms with Crippen LogP contribution >= 0.6 is 11.8 Å². The van der Waals surface area contributed by atoms with Gasteiger partial charge in [-0.25, -0.2) is 0 Å². The lowest BCUT2D eigenvalue weighted by Crippen LogP contribution is -2.31. The Morgan fingerprint density at radius 1 is 1.05 bits per heavy atom. The van der Waals surface area contributed by atoms with Gasteiger partial charge in [0.25, 0.3) is 0 Å². The standard InChI is InChI=1S/C17H19NOS/c1-20-12-11-16(18)17(19)15-9-7-14(8-10-15)13-5-3-2-4-6-13/h2-10,16H,11-12,18H2,1H3/t16-/m0/s1. The van der Waals surface area contributed by atoms with E-state index in [1.165, 1.54) is 0 Å². The SMILES string of the molecule is CSCC[C@H](N)C(=O)c1ccc(-c2ccccc2)cc1. The second-order valence-corrected chi connectivity index (χ2v) is 5.68. The summed E-state index contributed by atoms with van der Waals surface area (Å²) in [6.07, 6.45) is 2.74. The normalized spacial score (nSPS) is 12.1. The molecule has 0 aliphatic heterocycles. The number of thioether (sulfide) groups is 1. The van der Waals surface area contributed by atoms with Gasteiger partial charge in [-0.3, -0.25) is 4.79 Å². The van der Waals surface area contributed by atoms with Gasteiger partial charge >= 0.3 is 0 Å². The number of Topliss-reactive ketones (excluding diaryl/α,β-unsaturated/α-hetero) is 1. The summed E-state index contributed by atoms with van der Waals surface area (Å²) in [5, 5.41) is 0. The maximum absolute atomic E-state index is 12.2. The maximum Gasteiger partial charge on any atom is 0.179 e. The first-order valence-corrected chi connectivity index (χ1v) is 8.06. The summed E-state index contributed by atoms with van der Waals surface area (Å²) in [4.78, 5) is 12.2. The van der Waals surface area contributed by atoms with Gasteiger partial charge in [-0.2, -0.15) is 11.8 Å². The molecule has 2 aromatic rings. The highest BCUT2D eigenvalue weighted by Crippen LogP contribution is 2.19.